The maximum Gasteiger partial charge on any atom is 0.264 e. The molecule has 0 fully saturated rings. The van der Waals surface area contributed by atoms with Crippen LogP contribution >= 0.6 is 0 Å². The number of rotatable bonds is 7. The number of anilines is 2. The van der Waals surface area contributed by atoms with Gasteiger partial charge in [-0.05, 0) is 75.2 Å². The Morgan fingerprint density at radius 1 is 1.03 bits per heavy atom. The number of hydrogen-bond acceptors (Lipinski definition) is 4. The number of nitrogens with zero attached hydrogens (tertiary/aromatic N) is 2. The minimum absolute atomic E-state index is 0.0424. The maximum absolute atomic E-state index is 13.7. The predicted molar refractivity (Wildman–Crippen MR) is 130 cm³/mol. The predicted octanol–water partition coefficient (Wildman–Crippen LogP) is 4.57. The van der Waals surface area contributed by atoms with E-state index >= 15 is 0 Å². The molecule has 3 aromatic carbocycles. The van der Waals surface area contributed by atoms with Gasteiger partial charge in [0.15, 0.2) is 0 Å². The highest BCUT2D eigenvalue weighted by molar-refractivity contribution is 7.92. The number of para-hydroxylation sites is 1. The summed E-state index contributed by atoms with van der Waals surface area (Å²) < 4.78 is 34.0. The summed E-state index contributed by atoms with van der Waals surface area (Å²) in [4.78, 5) is 15.4. The first-order valence-electron chi connectivity index (χ1n) is 11.0. The number of fused-ring (bicyclic) bond motifs is 1. The van der Waals surface area contributed by atoms with Crippen molar-refractivity contribution in [2.75, 3.05) is 22.4 Å². The summed E-state index contributed by atoms with van der Waals surface area (Å²) in [5.74, 6) is 0.374. The minimum Gasteiger partial charge on any atom is -0.494 e. The van der Waals surface area contributed by atoms with E-state index in [1.807, 2.05) is 45.0 Å². The molecule has 172 valence electrons. The van der Waals surface area contributed by atoms with Crippen molar-refractivity contribution < 1.29 is 17.9 Å². The van der Waals surface area contributed by atoms with Gasteiger partial charge in [-0.2, -0.15) is 0 Å². The molecule has 6 nitrogen and oxygen atoms in total. The van der Waals surface area contributed by atoms with E-state index in [4.69, 9.17) is 4.74 Å². The first-order valence-corrected chi connectivity index (χ1v) is 12.5. The smallest absolute Gasteiger partial charge is 0.264 e. The molecule has 0 spiro atoms. The largest absolute Gasteiger partial charge is 0.494 e. The lowest BCUT2D eigenvalue weighted by molar-refractivity contribution is -0.117. The maximum atomic E-state index is 13.7. The third kappa shape index (κ3) is 4.59. The molecule has 0 saturated heterocycles. The van der Waals surface area contributed by atoms with Crippen LogP contribution in [-0.2, 0) is 21.2 Å². The SMILES string of the molecule is CCOc1ccc(N(CC(=O)N2c3ccccc3C[C@H]2C)S(=O)(=O)c2ccc(C)cc2)cc1. The Morgan fingerprint density at radius 2 is 1.70 bits per heavy atom. The van der Waals surface area contributed by atoms with Crippen molar-refractivity contribution in [2.24, 2.45) is 0 Å². The standard InChI is InChI=1S/C26H28N2O4S/c1-4-32-23-13-11-22(12-14-23)27(33(30,31)24-15-9-19(2)10-16-24)18-26(29)28-20(3)17-21-7-5-6-8-25(21)28/h5-16,20H,4,17-18H2,1-3H3/t20-/m1/s1. The second-order valence-corrected chi connectivity index (χ2v) is 10.1. The van der Waals surface area contributed by atoms with Crippen molar-refractivity contribution in [1.82, 2.24) is 0 Å². The molecule has 4 rings (SSSR count). The van der Waals surface area contributed by atoms with Crippen LogP contribution in [0.15, 0.2) is 77.7 Å². The molecule has 1 aliphatic heterocycles. The van der Waals surface area contributed by atoms with E-state index < -0.39 is 10.0 Å². The molecule has 0 aliphatic carbocycles. The van der Waals surface area contributed by atoms with Gasteiger partial charge in [0.25, 0.3) is 10.0 Å². The molecule has 7 heteroatoms. The molecule has 33 heavy (non-hydrogen) atoms. The van der Waals surface area contributed by atoms with E-state index in [1.165, 1.54) is 4.31 Å². The fourth-order valence-corrected chi connectivity index (χ4v) is 5.59. The number of carbonyl (C=O) groups is 1. The summed E-state index contributed by atoms with van der Waals surface area (Å²) >= 11 is 0. The number of sulfonamides is 1. The molecule has 1 heterocycles. The summed E-state index contributed by atoms with van der Waals surface area (Å²) in [6, 6.07) is 21.2. The zero-order valence-electron chi connectivity index (χ0n) is 19.1. The van der Waals surface area contributed by atoms with Crippen molar-refractivity contribution in [2.45, 2.75) is 38.1 Å². The highest BCUT2D eigenvalue weighted by Gasteiger charge is 2.34. The molecule has 0 unspecified atom stereocenters. The molecule has 3 aromatic rings. The van der Waals surface area contributed by atoms with E-state index in [2.05, 4.69) is 0 Å². The van der Waals surface area contributed by atoms with Crippen LogP contribution in [0, 0.1) is 6.92 Å². The van der Waals surface area contributed by atoms with Gasteiger partial charge < -0.3 is 9.64 Å². The molecule has 1 atom stereocenters. The zero-order valence-corrected chi connectivity index (χ0v) is 19.9. The van der Waals surface area contributed by atoms with Gasteiger partial charge in [0.05, 0.1) is 17.2 Å². The Kier molecular flexibility index (Phi) is 6.42. The topological polar surface area (TPSA) is 66.9 Å². The van der Waals surface area contributed by atoms with Crippen molar-refractivity contribution in [3.8, 4) is 5.75 Å². The van der Waals surface area contributed by atoms with Crippen LogP contribution in [0.4, 0.5) is 11.4 Å². The van der Waals surface area contributed by atoms with Crippen LogP contribution in [0.2, 0.25) is 0 Å². The van der Waals surface area contributed by atoms with Gasteiger partial charge in [0.1, 0.15) is 12.3 Å². The molecule has 0 N–H and O–H groups in total. The molecule has 0 aromatic heterocycles. The fraction of sp³-hybridized carbons (Fsp3) is 0.269. The van der Waals surface area contributed by atoms with Crippen molar-refractivity contribution in [1.29, 1.82) is 0 Å². The minimum atomic E-state index is -3.97. The van der Waals surface area contributed by atoms with Crippen LogP contribution < -0.4 is 13.9 Å². The molecular formula is C26H28N2O4S. The van der Waals surface area contributed by atoms with Crippen molar-refractivity contribution in [3.05, 3.63) is 83.9 Å². The first-order chi connectivity index (χ1) is 15.8. The number of hydrogen-bond donors (Lipinski definition) is 0. The molecule has 0 saturated carbocycles. The van der Waals surface area contributed by atoms with E-state index in [-0.39, 0.29) is 23.4 Å². The second-order valence-electron chi connectivity index (χ2n) is 8.20. The highest BCUT2D eigenvalue weighted by Crippen LogP contribution is 2.33. The third-order valence-electron chi connectivity index (χ3n) is 5.80. The van der Waals surface area contributed by atoms with E-state index in [1.54, 1.807) is 53.4 Å². The fourth-order valence-electron chi connectivity index (χ4n) is 4.17. The number of amides is 1. The number of ether oxygens (including phenoxy) is 1. The lowest BCUT2D eigenvalue weighted by Gasteiger charge is -2.29. The normalized spacial score (nSPS) is 15.2. The van der Waals surface area contributed by atoms with Crippen molar-refractivity contribution >= 4 is 27.3 Å². The second kappa shape index (κ2) is 9.27. The lowest BCUT2D eigenvalue weighted by atomic mass is 10.1. The van der Waals surface area contributed by atoms with Gasteiger partial charge >= 0.3 is 0 Å². The monoisotopic (exact) mass is 464 g/mol. The number of carbonyl (C=O) groups excluding carboxylic acids is 1. The Morgan fingerprint density at radius 3 is 2.36 bits per heavy atom. The first kappa shape index (κ1) is 22.9. The van der Waals surface area contributed by atoms with Crippen LogP contribution in [0.25, 0.3) is 0 Å². The number of benzene rings is 3. The van der Waals surface area contributed by atoms with Crippen LogP contribution in [0.3, 0.4) is 0 Å². The quantitative estimate of drug-likeness (QED) is 0.514. The third-order valence-corrected chi connectivity index (χ3v) is 7.59. The molecule has 0 bridgehead atoms. The van der Waals surface area contributed by atoms with Gasteiger partial charge in [-0.1, -0.05) is 35.9 Å². The Bertz CT molecular complexity index is 1240. The zero-order chi connectivity index (χ0) is 23.6. The van der Waals surface area contributed by atoms with E-state index in [0.717, 1.165) is 23.2 Å². The summed E-state index contributed by atoms with van der Waals surface area (Å²) in [5.41, 5.74) is 3.30. The van der Waals surface area contributed by atoms with Gasteiger partial charge in [0, 0.05) is 11.7 Å². The number of aryl methyl sites for hydroxylation is 1. The van der Waals surface area contributed by atoms with Crippen LogP contribution in [0.5, 0.6) is 5.75 Å². The molecule has 1 amide bonds. The Balaban J connectivity index is 1.71. The Labute approximate surface area is 195 Å². The average molecular weight is 465 g/mol. The van der Waals surface area contributed by atoms with Crippen LogP contribution in [0.1, 0.15) is 25.0 Å². The van der Waals surface area contributed by atoms with E-state index in [9.17, 15) is 13.2 Å². The summed E-state index contributed by atoms with van der Waals surface area (Å²) in [7, 11) is -3.97. The Hall–Kier alpha value is -3.32. The molecule has 1 aliphatic rings. The molecular weight excluding hydrogens is 436 g/mol. The van der Waals surface area contributed by atoms with E-state index in [0.29, 0.717) is 18.0 Å². The van der Waals surface area contributed by atoms with Gasteiger partial charge in [-0.15, -0.1) is 0 Å². The summed E-state index contributed by atoms with van der Waals surface area (Å²) in [5, 5.41) is 0. The summed E-state index contributed by atoms with van der Waals surface area (Å²) in [6.45, 7) is 5.97. The average Bonchev–Trinajstić information content (AvgIpc) is 3.14. The van der Waals surface area contributed by atoms with Crippen LogP contribution in [-0.4, -0.2) is 33.5 Å². The summed E-state index contributed by atoms with van der Waals surface area (Å²) in [6.07, 6.45) is 0.746. The van der Waals surface area contributed by atoms with Crippen molar-refractivity contribution in [3.63, 3.8) is 0 Å². The highest BCUT2D eigenvalue weighted by atomic mass is 32.2. The van der Waals surface area contributed by atoms with Gasteiger partial charge in [-0.25, -0.2) is 8.42 Å². The van der Waals surface area contributed by atoms with Gasteiger partial charge in [-0.3, -0.25) is 9.10 Å². The molecule has 0 radical (unpaired) electrons. The lowest BCUT2D eigenvalue weighted by Crippen LogP contribution is -2.45. The van der Waals surface area contributed by atoms with Gasteiger partial charge in [0.2, 0.25) is 5.91 Å².